The molecule has 2 aromatic carbocycles. The standard InChI is InChI=1S/C20H23NO/c1-15(2)17-8-10-19(11-9-17)22-13-12-18(14-21)20-7-5-4-6-16(20)3/h4-11,15,18H,12-13H2,1-3H3. The lowest BCUT2D eigenvalue weighted by Gasteiger charge is -2.13. The Kier molecular flexibility index (Phi) is 5.61. The van der Waals surface area contributed by atoms with Gasteiger partial charge in [-0.3, -0.25) is 0 Å². The summed E-state index contributed by atoms with van der Waals surface area (Å²) in [6.45, 7) is 6.95. The summed E-state index contributed by atoms with van der Waals surface area (Å²) in [7, 11) is 0. The van der Waals surface area contributed by atoms with Gasteiger partial charge in [-0.25, -0.2) is 0 Å². The van der Waals surface area contributed by atoms with Crippen LogP contribution in [0.15, 0.2) is 48.5 Å². The number of nitrogens with zero attached hydrogens (tertiary/aromatic N) is 1. The molecule has 0 aromatic heterocycles. The second-order valence-corrected chi connectivity index (χ2v) is 5.90. The van der Waals surface area contributed by atoms with Gasteiger partial charge >= 0.3 is 0 Å². The lowest BCUT2D eigenvalue weighted by molar-refractivity contribution is 0.305. The molecule has 0 radical (unpaired) electrons. The largest absolute Gasteiger partial charge is 0.494 e. The van der Waals surface area contributed by atoms with Gasteiger partial charge in [0, 0.05) is 6.42 Å². The molecule has 0 spiro atoms. The van der Waals surface area contributed by atoms with Crippen molar-refractivity contribution in [3.8, 4) is 11.8 Å². The van der Waals surface area contributed by atoms with E-state index in [1.165, 1.54) is 5.56 Å². The van der Waals surface area contributed by atoms with E-state index in [9.17, 15) is 5.26 Å². The molecule has 2 heteroatoms. The third-order valence-corrected chi connectivity index (χ3v) is 3.94. The van der Waals surface area contributed by atoms with Gasteiger partial charge in [0.2, 0.25) is 0 Å². The van der Waals surface area contributed by atoms with Crippen LogP contribution in [-0.2, 0) is 0 Å². The van der Waals surface area contributed by atoms with Crippen LogP contribution in [-0.4, -0.2) is 6.61 Å². The van der Waals surface area contributed by atoms with E-state index in [2.05, 4.69) is 32.0 Å². The summed E-state index contributed by atoms with van der Waals surface area (Å²) in [6.07, 6.45) is 0.702. The Labute approximate surface area is 133 Å². The van der Waals surface area contributed by atoms with Crippen molar-refractivity contribution >= 4 is 0 Å². The van der Waals surface area contributed by atoms with Gasteiger partial charge in [-0.2, -0.15) is 5.26 Å². The molecule has 0 amide bonds. The maximum absolute atomic E-state index is 9.39. The zero-order valence-electron chi connectivity index (χ0n) is 13.5. The first-order valence-corrected chi connectivity index (χ1v) is 7.79. The van der Waals surface area contributed by atoms with Crippen LogP contribution >= 0.6 is 0 Å². The quantitative estimate of drug-likeness (QED) is 0.733. The van der Waals surface area contributed by atoms with Gasteiger partial charge in [-0.1, -0.05) is 50.2 Å². The van der Waals surface area contributed by atoms with Gasteiger partial charge < -0.3 is 4.74 Å². The second-order valence-electron chi connectivity index (χ2n) is 5.90. The van der Waals surface area contributed by atoms with Crippen molar-refractivity contribution in [1.82, 2.24) is 0 Å². The van der Waals surface area contributed by atoms with Gasteiger partial charge in [-0.15, -0.1) is 0 Å². The zero-order valence-corrected chi connectivity index (χ0v) is 13.5. The maximum atomic E-state index is 9.39. The molecule has 114 valence electrons. The van der Waals surface area contributed by atoms with Gasteiger partial charge in [0.05, 0.1) is 18.6 Å². The van der Waals surface area contributed by atoms with Crippen molar-refractivity contribution in [2.24, 2.45) is 0 Å². The highest BCUT2D eigenvalue weighted by Gasteiger charge is 2.12. The van der Waals surface area contributed by atoms with Crippen molar-refractivity contribution in [2.45, 2.75) is 39.0 Å². The number of nitriles is 1. The minimum absolute atomic E-state index is 0.115. The van der Waals surface area contributed by atoms with Crippen LogP contribution in [0.2, 0.25) is 0 Å². The summed E-state index contributed by atoms with van der Waals surface area (Å²) < 4.78 is 5.78. The fraction of sp³-hybridized carbons (Fsp3) is 0.350. The van der Waals surface area contributed by atoms with Crippen LogP contribution in [0.25, 0.3) is 0 Å². The molecule has 0 saturated carbocycles. The molecule has 2 rings (SSSR count). The summed E-state index contributed by atoms with van der Waals surface area (Å²) >= 11 is 0. The predicted octanol–water partition coefficient (Wildman–Crippen LogP) is 5.19. The van der Waals surface area contributed by atoms with E-state index in [1.807, 2.05) is 43.3 Å². The van der Waals surface area contributed by atoms with Gasteiger partial charge in [-0.05, 0) is 41.7 Å². The third kappa shape index (κ3) is 4.11. The summed E-state index contributed by atoms with van der Waals surface area (Å²) in [4.78, 5) is 0. The lowest BCUT2D eigenvalue weighted by Crippen LogP contribution is -2.06. The predicted molar refractivity (Wildman–Crippen MR) is 90.2 cm³/mol. The molecule has 0 bridgehead atoms. The summed E-state index contributed by atoms with van der Waals surface area (Å²) in [6, 6.07) is 18.7. The topological polar surface area (TPSA) is 33.0 Å². The Morgan fingerprint density at radius 1 is 1.05 bits per heavy atom. The average Bonchev–Trinajstić information content (AvgIpc) is 2.53. The van der Waals surface area contributed by atoms with Crippen LogP contribution in [0.4, 0.5) is 0 Å². The van der Waals surface area contributed by atoms with E-state index in [4.69, 9.17) is 4.74 Å². The Morgan fingerprint density at radius 3 is 2.32 bits per heavy atom. The molecule has 0 fully saturated rings. The van der Waals surface area contributed by atoms with Crippen molar-refractivity contribution in [1.29, 1.82) is 5.26 Å². The normalized spacial score (nSPS) is 12.0. The molecule has 0 aliphatic carbocycles. The number of benzene rings is 2. The van der Waals surface area contributed by atoms with Gasteiger partial charge in [0.15, 0.2) is 0 Å². The molecule has 0 saturated heterocycles. The highest BCUT2D eigenvalue weighted by molar-refractivity contribution is 5.33. The van der Waals surface area contributed by atoms with Crippen LogP contribution < -0.4 is 4.74 Å². The van der Waals surface area contributed by atoms with E-state index in [0.717, 1.165) is 16.9 Å². The molecular weight excluding hydrogens is 270 g/mol. The molecule has 22 heavy (non-hydrogen) atoms. The molecule has 2 nitrogen and oxygen atoms in total. The average molecular weight is 293 g/mol. The smallest absolute Gasteiger partial charge is 0.119 e. The molecule has 0 N–H and O–H groups in total. The Hall–Kier alpha value is -2.27. The van der Waals surface area contributed by atoms with E-state index in [0.29, 0.717) is 18.9 Å². The first-order chi connectivity index (χ1) is 10.6. The van der Waals surface area contributed by atoms with E-state index >= 15 is 0 Å². The monoisotopic (exact) mass is 293 g/mol. The highest BCUT2D eigenvalue weighted by Crippen LogP contribution is 2.23. The van der Waals surface area contributed by atoms with Crippen LogP contribution in [0, 0.1) is 18.3 Å². The molecule has 0 aliphatic rings. The fourth-order valence-electron chi connectivity index (χ4n) is 2.51. The summed E-state index contributed by atoms with van der Waals surface area (Å²) in [5.41, 5.74) is 3.57. The van der Waals surface area contributed by atoms with Gasteiger partial charge in [0.25, 0.3) is 0 Å². The number of ether oxygens (including phenoxy) is 1. The fourth-order valence-corrected chi connectivity index (χ4v) is 2.51. The summed E-state index contributed by atoms with van der Waals surface area (Å²) in [5.74, 6) is 1.28. The first-order valence-electron chi connectivity index (χ1n) is 7.79. The molecule has 0 aliphatic heterocycles. The highest BCUT2D eigenvalue weighted by atomic mass is 16.5. The third-order valence-electron chi connectivity index (χ3n) is 3.94. The number of hydrogen-bond donors (Lipinski definition) is 0. The number of hydrogen-bond acceptors (Lipinski definition) is 2. The number of aryl methyl sites for hydroxylation is 1. The first kappa shape index (κ1) is 16.1. The minimum Gasteiger partial charge on any atom is -0.494 e. The lowest BCUT2D eigenvalue weighted by atomic mass is 9.94. The van der Waals surface area contributed by atoms with E-state index in [1.54, 1.807) is 0 Å². The van der Waals surface area contributed by atoms with Gasteiger partial charge in [0.1, 0.15) is 5.75 Å². The van der Waals surface area contributed by atoms with Crippen molar-refractivity contribution in [2.75, 3.05) is 6.61 Å². The van der Waals surface area contributed by atoms with E-state index in [-0.39, 0.29) is 5.92 Å². The Morgan fingerprint density at radius 2 is 1.73 bits per heavy atom. The molecule has 1 atom stereocenters. The summed E-state index contributed by atoms with van der Waals surface area (Å²) in [5, 5.41) is 9.39. The van der Waals surface area contributed by atoms with E-state index < -0.39 is 0 Å². The minimum atomic E-state index is -0.115. The molecule has 1 unspecified atom stereocenters. The maximum Gasteiger partial charge on any atom is 0.119 e. The SMILES string of the molecule is Cc1ccccc1C(C#N)CCOc1ccc(C(C)C)cc1. The molecule has 0 heterocycles. The van der Waals surface area contributed by atoms with Crippen LogP contribution in [0.1, 0.15) is 48.8 Å². The van der Waals surface area contributed by atoms with Crippen LogP contribution in [0.5, 0.6) is 5.75 Å². The second kappa shape index (κ2) is 7.66. The van der Waals surface area contributed by atoms with Crippen LogP contribution in [0.3, 0.4) is 0 Å². The van der Waals surface area contributed by atoms with Crippen molar-refractivity contribution < 1.29 is 4.74 Å². The molecule has 2 aromatic rings. The Bertz CT molecular complexity index is 638. The Balaban J connectivity index is 1.92. The number of rotatable bonds is 6. The molecular formula is C20H23NO. The van der Waals surface area contributed by atoms with Crippen molar-refractivity contribution in [3.05, 3.63) is 65.2 Å². The van der Waals surface area contributed by atoms with Crippen molar-refractivity contribution in [3.63, 3.8) is 0 Å². The zero-order chi connectivity index (χ0) is 15.9.